The minimum atomic E-state index is -0.992. The van der Waals surface area contributed by atoms with Crippen molar-refractivity contribution >= 4 is 34.3 Å². The number of ketones is 1. The van der Waals surface area contributed by atoms with E-state index in [0.29, 0.717) is 17.3 Å². The van der Waals surface area contributed by atoms with Gasteiger partial charge >= 0.3 is 5.97 Å². The van der Waals surface area contributed by atoms with Crippen molar-refractivity contribution < 1.29 is 18.9 Å². The first-order chi connectivity index (χ1) is 8.52. The number of aliphatic carboxylic acids is 1. The maximum Gasteiger partial charge on any atom is 0.307 e. The number of hydrogen-bond donors (Lipinski definition) is 1. The first kappa shape index (κ1) is 17.1. The van der Waals surface area contributed by atoms with Crippen LogP contribution < -0.4 is 0 Å². The first-order valence-electron chi connectivity index (χ1n) is 5.46. The highest BCUT2D eigenvalue weighted by atomic mass is 32.2. The lowest BCUT2D eigenvalue weighted by Crippen LogP contribution is -1.98. The number of carboxylic acids is 1. The molecule has 0 spiro atoms. The van der Waals surface area contributed by atoms with E-state index in [1.165, 1.54) is 17.8 Å². The van der Waals surface area contributed by atoms with Gasteiger partial charge in [-0.25, -0.2) is 0 Å². The molecule has 6 heteroatoms. The molecule has 0 saturated carbocycles. The van der Waals surface area contributed by atoms with Gasteiger partial charge in [0.15, 0.2) is 0 Å². The van der Waals surface area contributed by atoms with Crippen molar-refractivity contribution in [1.82, 2.24) is 0 Å². The summed E-state index contributed by atoms with van der Waals surface area (Å²) in [4.78, 5) is 20.8. The van der Waals surface area contributed by atoms with E-state index in [4.69, 9.17) is 5.11 Å². The Hall–Kier alpha value is -0.880. The number of carbonyl (C=O) groups is 2. The zero-order valence-electron chi connectivity index (χ0n) is 10.3. The van der Waals surface area contributed by atoms with Crippen LogP contribution in [0.3, 0.4) is 0 Å². The van der Waals surface area contributed by atoms with Crippen LogP contribution in [0.5, 0.6) is 0 Å². The molecular weight excluding hydrogens is 272 g/mol. The van der Waals surface area contributed by atoms with Crippen molar-refractivity contribution in [3.8, 4) is 0 Å². The van der Waals surface area contributed by atoms with Crippen LogP contribution in [0.2, 0.25) is 0 Å². The van der Waals surface area contributed by atoms with Crippen LogP contribution >= 0.6 is 11.8 Å². The maximum atomic E-state index is 11.4. The van der Waals surface area contributed by atoms with E-state index < -0.39 is 16.8 Å². The maximum absolute atomic E-state index is 11.4. The second kappa shape index (κ2) is 11.2. The molecule has 0 aliphatic carbocycles. The van der Waals surface area contributed by atoms with E-state index in [-0.39, 0.29) is 12.2 Å². The van der Waals surface area contributed by atoms with Gasteiger partial charge in [0, 0.05) is 28.1 Å². The van der Waals surface area contributed by atoms with Gasteiger partial charge in [-0.15, -0.1) is 11.8 Å². The van der Waals surface area contributed by atoms with Crippen molar-refractivity contribution in [2.24, 2.45) is 0 Å². The van der Waals surface area contributed by atoms with Gasteiger partial charge in [0.25, 0.3) is 0 Å². The second-order valence-electron chi connectivity index (χ2n) is 3.53. The number of Topliss-reactive ketones (excluding diaryl/α,β-unsaturated/α-hetero) is 1. The van der Waals surface area contributed by atoms with Crippen LogP contribution in [-0.4, -0.2) is 44.1 Å². The Balaban J connectivity index is 3.57. The second-order valence-corrected chi connectivity index (χ2v) is 6.11. The van der Waals surface area contributed by atoms with E-state index >= 15 is 0 Å². The van der Waals surface area contributed by atoms with Gasteiger partial charge in [-0.2, -0.15) is 0 Å². The normalized spacial score (nSPS) is 13.2. The highest BCUT2D eigenvalue weighted by Gasteiger charge is 1.94. The fraction of sp³-hybridized carbons (Fsp3) is 0.500. The van der Waals surface area contributed by atoms with Crippen LogP contribution in [0.1, 0.15) is 13.3 Å². The Morgan fingerprint density at radius 3 is 2.33 bits per heavy atom. The van der Waals surface area contributed by atoms with Gasteiger partial charge in [-0.05, 0) is 6.92 Å². The fourth-order valence-corrected chi connectivity index (χ4v) is 2.46. The van der Waals surface area contributed by atoms with Crippen LogP contribution in [0.4, 0.5) is 0 Å². The molecule has 102 valence electrons. The summed E-state index contributed by atoms with van der Waals surface area (Å²) >= 11 is 1.52. The molecule has 0 heterocycles. The van der Waals surface area contributed by atoms with Crippen molar-refractivity contribution in [3.63, 3.8) is 0 Å². The Morgan fingerprint density at radius 1 is 1.17 bits per heavy atom. The standard InChI is InChI=1S/C12H18O4S2/c1-11(13)10-17-7-3-5-9-18(16)8-4-2-6-12(14)15/h2-5H,6-10H2,1H3,(H,14,15)/b4-2+,5-3+. The lowest BCUT2D eigenvalue weighted by molar-refractivity contribution is -0.136. The zero-order chi connectivity index (χ0) is 13.8. The van der Waals surface area contributed by atoms with Gasteiger partial charge < -0.3 is 5.11 Å². The topological polar surface area (TPSA) is 71.4 Å². The predicted molar refractivity (Wildman–Crippen MR) is 76.4 cm³/mol. The fourth-order valence-electron chi connectivity index (χ4n) is 0.942. The molecule has 0 aliphatic rings. The van der Waals surface area contributed by atoms with Crippen LogP contribution in [0.25, 0.3) is 0 Å². The van der Waals surface area contributed by atoms with E-state index in [1.54, 1.807) is 13.0 Å². The lowest BCUT2D eigenvalue weighted by atomic mass is 10.4. The van der Waals surface area contributed by atoms with Gasteiger partial charge in [0.05, 0.1) is 12.2 Å². The minimum Gasteiger partial charge on any atom is -0.481 e. The molecule has 1 N–H and O–H groups in total. The third-order valence-electron chi connectivity index (χ3n) is 1.71. The van der Waals surface area contributed by atoms with Crippen LogP contribution in [-0.2, 0) is 20.4 Å². The van der Waals surface area contributed by atoms with Crippen molar-refractivity contribution in [2.45, 2.75) is 13.3 Å². The van der Waals surface area contributed by atoms with Crippen molar-refractivity contribution in [2.75, 3.05) is 23.0 Å². The SMILES string of the molecule is CC(=O)CSC/C=C/CS(=O)C/C=C/CC(=O)O. The summed E-state index contributed by atoms with van der Waals surface area (Å²) in [6.07, 6.45) is 6.82. The van der Waals surface area contributed by atoms with E-state index in [1.807, 2.05) is 12.2 Å². The molecule has 4 nitrogen and oxygen atoms in total. The Kier molecular flexibility index (Phi) is 10.7. The van der Waals surface area contributed by atoms with E-state index in [9.17, 15) is 13.8 Å². The highest BCUT2D eigenvalue weighted by Crippen LogP contribution is 2.00. The smallest absolute Gasteiger partial charge is 0.307 e. The largest absolute Gasteiger partial charge is 0.481 e. The summed E-state index contributed by atoms with van der Waals surface area (Å²) in [5.74, 6) is 1.34. The van der Waals surface area contributed by atoms with Crippen LogP contribution in [0, 0.1) is 0 Å². The zero-order valence-corrected chi connectivity index (χ0v) is 12.0. The van der Waals surface area contributed by atoms with Gasteiger partial charge in [-0.1, -0.05) is 24.3 Å². The molecule has 0 aromatic carbocycles. The van der Waals surface area contributed by atoms with Crippen LogP contribution in [0.15, 0.2) is 24.3 Å². The average Bonchev–Trinajstić information content (AvgIpc) is 2.28. The molecule has 0 aromatic heterocycles. The molecule has 1 unspecified atom stereocenters. The summed E-state index contributed by atoms with van der Waals surface area (Å²) in [5.41, 5.74) is 0. The Labute approximate surface area is 114 Å². The third kappa shape index (κ3) is 13.2. The summed E-state index contributed by atoms with van der Waals surface area (Å²) in [5, 5.41) is 8.38. The number of carbonyl (C=O) groups excluding carboxylic acids is 1. The van der Waals surface area contributed by atoms with Gasteiger partial charge in [0.2, 0.25) is 0 Å². The predicted octanol–water partition coefficient (Wildman–Crippen LogP) is 1.64. The third-order valence-corrected chi connectivity index (χ3v) is 3.88. The van der Waals surface area contributed by atoms with Crippen molar-refractivity contribution in [3.05, 3.63) is 24.3 Å². The molecular formula is C12H18O4S2. The van der Waals surface area contributed by atoms with E-state index in [0.717, 1.165) is 5.75 Å². The summed E-state index contributed by atoms with van der Waals surface area (Å²) in [6.45, 7) is 1.55. The van der Waals surface area contributed by atoms with E-state index in [2.05, 4.69) is 0 Å². The monoisotopic (exact) mass is 290 g/mol. The number of thioether (sulfide) groups is 1. The molecule has 0 bridgehead atoms. The summed E-state index contributed by atoms with van der Waals surface area (Å²) in [7, 11) is -0.992. The molecule has 1 atom stereocenters. The molecule has 0 saturated heterocycles. The molecule has 0 aliphatic heterocycles. The molecule has 0 amide bonds. The quantitative estimate of drug-likeness (QED) is 0.489. The number of hydrogen-bond acceptors (Lipinski definition) is 4. The molecule has 0 fully saturated rings. The summed E-state index contributed by atoms with van der Waals surface area (Å²) < 4.78 is 11.4. The minimum absolute atomic E-state index is 0.0330. The molecule has 0 rings (SSSR count). The van der Waals surface area contributed by atoms with Crippen molar-refractivity contribution in [1.29, 1.82) is 0 Å². The Bertz CT molecular complexity index is 348. The average molecular weight is 290 g/mol. The molecule has 0 radical (unpaired) electrons. The number of carboxylic acid groups (broad SMARTS) is 1. The van der Waals surface area contributed by atoms with Gasteiger partial charge in [0.1, 0.15) is 5.78 Å². The molecule has 18 heavy (non-hydrogen) atoms. The number of rotatable bonds is 10. The summed E-state index contributed by atoms with van der Waals surface area (Å²) in [6, 6.07) is 0. The first-order valence-corrected chi connectivity index (χ1v) is 8.10. The molecule has 0 aromatic rings. The van der Waals surface area contributed by atoms with Gasteiger partial charge in [-0.3, -0.25) is 13.8 Å². The highest BCUT2D eigenvalue weighted by molar-refractivity contribution is 8.00. The lowest BCUT2D eigenvalue weighted by Gasteiger charge is -1.94. The Morgan fingerprint density at radius 2 is 1.78 bits per heavy atom.